The van der Waals surface area contributed by atoms with Gasteiger partial charge >= 0.3 is 0 Å². The van der Waals surface area contributed by atoms with Crippen LogP contribution in [0, 0.1) is 17.8 Å². The Hall–Kier alpha value is 0.0249. The van der Waals surface area contributed by atoms with E-state index in [9.17, 15) is 0 Å². The van der Waals surface area contributed by atoms with Crippen LogP contribution in [0.4, 0.5) is 0 Å². The third-order valence-corrected chi connectivity index (χ3v) is 3.68. The van der Waals surface area contributed by atoms with Gasteiger partial charge in [0.1, 0.15) is 0 Å². The minimum absolute atomic E-state index is 0.946. The van der Waals surface area contributed by atoms with Gasteiger partial charge < -0.3 is 4.65 Å². The first-order valence-electron chi connectivity index (χ1n) is 6.25. The van der Waals surface area contributed by atoms with Gasteiger partial charge in [-0.05, 0) is 49.9 Å². The molecule has 3 unspecified atom stereocenters. The van der Waals surface area contributed by atoms with E-state index >= 15 is 0 Å². The second kappa shape index (κ2) is 6.50. The van der Waals surface area contributed by atoms with Crippen molar-refractivity contribution in [2.24, 2.45) is 17.8 Å². The van der Waals surface area contributed by atoms with Crippen LogP contribution in [0.15, 0.2) is 0 Å². The van der Waals surface area contributed by atoms with Crippen LogP contribution in [0.25, 0.3) is 0 Å². The molecule has 0 bridgehead atoms. The highest BCUT2D eigenvalue weighted by atomic mass is 16.4. The maximum absolute atomic E-state index is 5.11. The molecule has 2 heteroatoms. The van der Waals surface area contributed by atoms with E-state index in [2.05, 4.69) is 13.8 Å². The second-order valence-corrected chi connectivity index (χ2v) is 5.09. The van der Waals surface area contributed by atoms with Crippen LogP contribution in [0.5, 0.6) is 0 Å². The summed E-state index contributed by atoms with van der Waals surface area (Å²) in [5, 5.41) is 0. The zero-order chi connectivity index (χ0) is 10.4. The van der Waals surface area contributed by atoms with E-state index in [1.165, 1.54) is 38.5 Å². The van der Waals surface area contributed by atoms with Crippen LogP contribution in [0.1, 0.15) is 52.4 Å². The Bertz CT molecular complexity index is 149. The lowest BCUT2D eigenvalue weighted by Crippen LogP contribution is -2.21. The normalized spacial score (nSPS) is 33.1. The monoisotopic (exact) mass is 196 g/mol. The van der Waals surface area contributed by atoms with E-state index in [-0.39, 0.29) is 0 Å². The van der Waals surface area contributed by atoms with Crippen LogP contribution >= 0.6 is 0 Å². The van der Waals surface area contributed by atoms with Crippen molar-refractivity contribution in [1.82, 2.24) is 0 Å². The number of rotatable bonds is 5. The zero-order valence-electron chi connectivity index (χ0n) is 10.1. The molecule has 1 aliphatic rings. The molecule has 0 saturated heterocycles. The first kappa shape index (κ1) is 12.1. The Morgan fingerprint density at radius 2 is 1.93 bits per heavy atom. The lowest BCUT2D eigenvalue weighted by molar-refractivity contribution is 0.184. The average molecular weight is 196 g/mol. The maximum atomic E-state index is 5.11. The van der Waals surface area contributed by atoms with Crippen LogP contribution in [0.3, 0.4) is 0 Å². The Labute approximate surface area is 90.0 Å². The summed E-state index contributed by atoms with van der Waals surface area (Å²) in [4.78, 5) is 0. The molecule has 0 aromatic carbocycles. The third-order valence-electron chi connectivity index (χ3n) is 3.68. The first-order chi connectivity index (χ1) is 6.76. The molecule has 82 valence electrons. The Morgan fingerprint density at radius 1 is 1.21 bits per heavy atom. The third kappa shape index (κ3) is 4.04. The van der Waals surface area contributed by atoms with Gasteiger partial charge in [0.05, 0.1) is 0 Å². The molecule has 1 saturated carbocycles. The topological polar surface area (TPSA) is 9.23 Å². The highest BCUT2D eigenvalue weighted by molar-refractivity contribution is 5.97. The van der Waals surface area contributed by atoms with Gasteiger partial charge in [-0.3, -0.25) is 0 Å². The Kier molecular flexibility index (Phi) is 5.61. The minimum Gasteiger partial charge on any atom is -0.444 e. The Balaban J connectivity index is 2.23. The second-order valence-electron chi connectivity index (χ2n) is 5.09. The average Bonchev–Trinajstić information content (AvgIpc) is 2.17. The van der Waals surface area contributed by atoms with E-state index in [1.807, 2.05) is 0 Å². The molecule has 0 aromatic rings. The molecule has 0 aromatic heterocycles. The quantitative estimate of drug-likeness (QED) is 0.485. The van der Waals surface area contributed by atoms with Crippen molar-refractivity contribution >= 4 is 8.05 Å². The Morgan fingerprint density at radius 3 is 2.57 bits per heavy atom. The van der Waals surface area contributed by atoms with E-state index in [4.69, 9.17) is 4.65 Å². The number of hydrogen-bond acceptors (Lipinski definition) is 1. The van der Waals surface area contributed by atoms with Crippen LogP contribution in [0.2, 0.25) is 0 Å². The largest absolute Gasteiger partial charge is 0.444 e. The smallest absolute Gasteiger partial charge is 0.257 e. The van der Waals surface area contributed by atoms with Crippen molar-refractivity contribution in [3.63, 3.8) is 0 Å². The van der Waals surface area contributed by atoms with Crippen molar-refractivity contribution < 1.29 is 4.65 Å². The van der Waals surface area contributed by atoms with E-state index in [0.717, 1.165) is 24.4 Å². The standard InChI is InChI=1S/C12H25BO/c1-3-11-7-10(2)8-12(9-11)5-4-6-14-13/h10-12H,3-9,13H2,1-2H3. The summed E-state index contributed by atoms with van der Waals surface area (Å²) < 4.78 is 5.11. The molecule has 1 fully saturated rings. The molecular weight excluding hydrogens is 171 g/mol. The van der Waals surface area contributed by atoms with Crippen molar-refractivity contribution in [3.05, 3.63) is 0 Å². The molecule has 0 spiro atoms. The molecule has 14 heavy (non-hydrogen) atoms. The van der Waals surface area contributed by atoms with Gasteiger partial charge in [-0.15, -0.1) is 0 Å². The van der Waals surface area contributed by atoms with Crippen LogP contribution < -0.4 is 0 Å². The molecule has 0 N–H and O–H groups in total. The van der Waals surface area contributed by atoms with E-state index in [0.29, 0.717) is 0 Å². The van der Waals surface area contributed by atoms with E-state index in [1.54, 1.807) is 8.05 Å². The molecule has 0 aliphatic heterocycles. The minimum atomic E-state index is 0.946. The molecule has 0 heterocycles. The highest BCUT2D eigenvalue weighted by Gasteiger charge is 2.24. The SMILES string of the molecule is BOCCCC1CC(C)CC(CC)C1. The molecule has 3 atom stereocenters. The zero-order valence-corrected chi connectivity index (χ0v) is 10.1. The van der Waals surface area contributed by atoms with Gasteiger partial charge in [0.2, 0.25) is 0 Å². The molecule has 1 rings (SSSR count). The highest BCUT2D eigenvalue weighted by Crippen LogP contribution is 2.36. The molecule has 0 amide bonds. The molecule has 1 aliphatic carbocycles. The fourth-order valence-electron chi connectivity index (χ4n) is 2.98. The molecular formula is C12H25BO. The number of hydrogen-bond donors (Lipinski definition) is 0. The summed E-state index contributed by atoms with van der Waals surface area (Å²) in [5.41, 5.74) is 0. The van der Waals surface area contributed by atoms with Crippen molar-refractivity contribution in [3.8, 4) is 0 Å². The lowest BCUT2D eigenvalue weighted by atomic mass is 9.73. The predicted molar refractivity (Wildman–Crippen MR) is 64.0 cm³/mol. The maximum Gasteiger partial charge on any atom is 0.257 e. The summed E-state index contributed by atoms with van der Waals surface area (Å²) in [6.45, 7) is 5.71. The van der Waals surface area contributed by atoms with Crippen molar-refractivity contribution in [1.29, 1.82) is 0 Å². The van der Waals surface area contributed by atoms with Gasteiger partial charge in [0.25, 0.3) is 8.05 Å². The lowest BCUT2D eigenvalue weighted by Gasteiger charge is -2.33. The van der Waals surface area contributed by atoms with Gasteiger partial charge in [0.15, 0.2) is 0 Å². The van der Waals surface area contributed by atoms with Gasteiger partial charge in [-0.25, -0.2) is 0 Å². The summed E-state index contributed by atoms with van der Waals surface area (Å²) in [6.07, 6.45) is 8.42. The summed E-state index contributed by atoms with van der Waals surface area (Å²) in [6, 6.07) is 0. The van der Waals surface area contributed by atoms with Crippen LogP contribution in [-0.2, 0) is 4.65 Å². The summed E-state index contributed by atoms with van der Waals surface area (Å²) in [7, 11) is 1.80. The fraction of sp³-hybridized carbons (Fsp3) is 1.00. The predicted octanol–water partition coefficient (Wildman–Crippen LogP) is 2.79. The first-order valence-corrected chi connectivity index (χ1v) is 6.25. The van der Waals surface area contributed by atoms with E-state index < -0.39 is 0 Å². The summed E-state index contributed by atoms with van der Waals surface area (Å²) >= 11 is 0. The van der Waals surface area contributed by atoms with Gasteiger partial charge in [0, 0.05) is 6.61 Å². The summed E-state index contributed by atoms with van der Waals surface area (Å²) in [5.74, 6) is 2.95. The van der Waals surface area contributed by atoms with Gasteiger partial charge in [-0.2, -0.15) is 0 Å². The fourth-order valence-corrected chi connectivity index (χ4v) is 2.98. The van der Waals surface area contributed by atoms with Gasteiger partial charge in [-0.1, -0.05) is 20.3 Å². The molecule has 1 nitrogen and oxygen atoms in total. The van der Waals surface area contributed by atoms with Crippen LogP contribution in [-0.4, -0.2) is 14.7 Å². The van der Waals surface area contributed by atoms with Crippen molar-refractivity contribution in [2.45, 2.75) is 52.4 Å². The van der Waals surface area contributed by atoms with Crippen molar-refractivity contribution in [2.75, 3.05) is 6.61 Å². The molecule has 0 radical (unpaired) electrons.